The van der Waals surface area contributed by atoms with Gasteiger partial charge in [-0.25, -0.2) is 4.79 Å². The number of hydrogen-bond acceptors (Lipinski definition) is 6. The highest BCUT2D eigenvalue weighted by molar-refractivity contribution is 5.94. The first-order valence-electron chi connectivity index (χ1n) is 10.8. The van der Waals surface area contributed by atoms with Crippen molar-refractivity contribution in [1.29, 1.82) is 0 Å². The number of carbonyl (C=O) groups excluding carboxylic acids is 3. The van der Waals surface area contributed by atoms with Gasteiger partial charge in [0.05, 0.1) is 12.6 Å². The van der Waals surface area contributed by atoms with E-state index in [1.165, 1.54) is 6.92 Å². The minimum Gasteiger partial charge on any atom is -0.480 e. The summed E-state index contributed by atoms with van der Waals surface area (Å²) in [4.78, 5) is 52.0. The van der Waals surface area contributed by atoms with E-state index in [0.29, 0.717) is 12.0 Å². The fourth-order valence-corrected chi connectivity index (χ4v) is 3.77. The van der Waals surface area contributed by atoms with Gasteiger partial charge in [0, 0.05) is 23.5 Å². The van der Waals surface area contributed by atoms with Crippen LogP contribution in [-0.2, 0) is 25.6 Å². The minimum absolute atomic E-state index is 0.0119. The van der Waals surface area contributed by atoms with Crippen LogP contribution in [0.2, 0.25) is 0 Å². The number of benzene rings is 1. The summed E-state index contributed by atoms with van der Waals surface area (Å²) >= 11 is 0. The number of amides is 3. The van der Waals surface area contributed by atoms with E-state index in [9.17, 15) is 29.4 Å². The number of aliphatic hydroxyl groups is 1. The second kappa shape index (κ2) is 10.9. The Morgan fingerprint density at radius 3 is 2.48 bits per heavy atom. The monoisotopic (exact) mass is 459 g/mol. The van der Waals surface area contributed by atoms with Crippen LogP contribution < -0.4 is 21.3 Å². The second-order valence-corrected chi connectivity index (χ2v) is 8.09. The molecule has 3 rings (SSSR count). The summed E-state index contributed by atoms with van der Waals surface area (Å²) in [5, 5.41) is 30.4. The number of nitrogens with one attached hydrogen (secondary N) is 5. The van der Waals surface area contributed by atoms with E-state index in [0.717, 1.165) is 23.9 Å². The van der Waals surface area contributed by atoms with Gasteiger partial charge in [0.1, 0.15) is 18.1 Å². The maximum Gasteiger partial charge on any atom is 0.326 e. The average Bonchev–Trinajstić information content (AvgIpc) is 3.47. The van der Waals surface area contributed by atoms with E-state index in [4.69, 9.17) is 0 Å². The lowest BCUT2D eigenvalue weighted by atomic mass is 10.0. The molecule has 0 aliphatic carbocycles. The van der Waals surface area contributed by atoms with E-state index in [2.05, 4.69) is 26.3 Å². The van der Waals surface area contributed by atoms with Crippen molar-refractivity contribution in [2.45, 2.75) is 50.4 Å². The van der Waals surface area contributed by atoms with Crippen LogP contribution in [-0.4, -0.2) is 76.2 Å². The average molecular weight is 460 g/mol. The maximum atomic E-state index is 12.6. The van der Waals surface area contributed by atoms with E-state index in [-0.39, 0.29) is 18.4 Å². The van der Waals surface area contributed by atoms with Gasteiger partial charge in [-0.05, 0) is 37.9 Å². The third-order valence-corrected chi connectivity index (χ3v) is 5.66. The molecule has 4 unspecified atom stereocenters. The van der Waals surface area contributed by atoms with E-state index in [1.54, 1.807) is 6.20 Å². The highest BCUT2D eigenvalue weighted by Gasteiger charge is 2.30. The normalized spacial score (nSPS) is 18.3. The van der Waals surface area contributed by atoms with Gasteiger partial charge in [0.25, 0.3) is 0 Å². The van der Waals surface area contributed by atoms with Gasteiger partial charge in [0.15, 0.2) is 0 Å². The Kier molecular flexibility index (Phi) is 8.01. The zero-order valence-electron chi connectivity index (χ0n) is 18.3. The predicted molar refractivity (Wildman–Crippen MR) is 119 cm³/mol. The summed E-state index contributed by atoms with van der Waals surface area (Å²) in [5.74, 6) is -3.07. The molecular formula is C22H29N5O6. The number of aliphatic hydroxyl groups excluding tert-OH is 1. The van der Waals surface area contributed by atoms with E-state index < -0.39 is 42.5 Å². The zero-order valence-corrected chi connectivity index (χ0v) is 18.3. The first kappa shape index (κ1) is 24.2. The number of hydrogen-bond donors (Lipinski definition) is 7. The maximum absolute atomic E-state index is 12.6. The lowest BCUT2D eigenvalue weighted by Gasteiger charge is -2.22. The Morgan fingerprint density at radius 2 is 1.82 bits per heavy atom. The molecule has 4 atom stereocenters. The number of carboxylic acid groups (broad SMARTS) is 1. The van der Waals surface area contributed by atoms with Gasteiger partial charge in [-0.2, -0.15) is 0 Å². The van der Waals surface area contributed by atoms with Crippen LogP contribution in [0.5, 0.6) is 0 Å². The molecule has 1 saturated heterocycles. The topological polar surface area (TPSA) is 173 Å². The number of aromatic amines is 1. The Labute approximate surface area is 190 Å². The highest BCUT2D eigenvalue weighted by Crippen LogP contribution is 2.19. The SMILES string of the molecule is CC(NC(=O)C1CCCN1)C(=O)NC(CO)C(=O)NC(Cc1c[nH]c2ccccc12)C(=O)O. The smallest absolute Gasteiger partial charge is 0.326 e. The minimum atomic E-state index is -1.37. The molecule has 11 nitrogen and oxygen atoms in total. The Hall–Kier alpha value is -3.44. The first-order chi connectivity index (χ1) is 15.8. The summed E-state index contributed by atoms with van der Waals surface area (Å²) in [7, 11) is 0. The summed E-state index contributed by atoms with van der Waals surface area (Å²) < 4.78 is 0. The van der Waals surface area contributed by atoms with Crippen LogP contribution in [0, 0.1) is 0 Å². The third-order valence-electron chi connectivity index (χ3n) is 5.66. The number of rotatable bonds is 10. The highest BCUT2D eigenvalue weighted by atomic mass is 16.4. The fourth-order valence-electron chi connectivity index (χ4n) is 3.77. The standard InChI is InChI=1S/C22H29N5O6/c1-12(25-20(30)16-7-4-8-23-16)19(29)27-18(11-28)21(31)26-17(22(32)33)9-13-10-24-15-6-3-2-5-14(13)15/h2-3,5-6,10,12,16-18,23-24,28H,4,7-9,11H2,1H3,(H,25,30)(H,26,31)(H,27,29)(H,32,33). The number of aliphatic carboxylic acids is 1. The van der Waals surface area contributed by atoms with Crippen molar-refractivity contribution < 1.29 is 29.4 Å². The molecular weight excluding hydrogens is 430 g/mol. The molecule has 0 saturated carbocycles. The molecule has 178 valence electrons. The molecule has 3 amide bonds. The van der Waals surface area contributed by atoms with Gasteiger partial charge >= 0.3 is 5.97 Å². The molecule has 7 N–H and O–H groups in total. The van der Waals surface area contributed by atoms with Gasteiger partial charge in [-0.15, -0.1) is 0 Å². The van der Waals surface area contributed by atoms with Crippen LogP contribution in [0.3, 0.4) is 0 Å². The van der Waals surface area contributed by atoms with Gasteiger partial charge < -0.3 is 36.5 Å². The molecule has 0 bridgehead atoms. The third kappa shape index (κ3) is 6.08. The fraction of sp³-hybridized carbons (Fsp3) is 0.455. The zero-order chi connectivity index (χ0) is 24.0. The molecule has 1 aromatic heterocycles. The van der Waals surface area contributed by atoms with Crippen molar-refractivity contribution in [3.8, 4) is 0 Å². The first-order valence-corrected chi connectivity index (χ1v) is 10.8. The lowest BCUT2D eigenvalue weighted by Crippen LogP contribution is -2.57. The molecule has 2 heterocycles. The molecule has 33 heavy (non-hydrogen) atoms. The van der Waals surface area contributed by atoms with Gasteiger partial charge in [-0.3, -0.25) is 14.4 Å². The molecule has 1 fully saturated rings. The van der Waals surface area contributed by atoms with Crippen molar-refractivity contribution in [3.63, 3.8) is 0 Å². The summed E-state index contributed by atoms with van der Waals surface area (Å²) in [6.07, 6.45) is 3.24. The molecule has 1 aliphatic heterocycles. The molecule has 1 aromatic carbocycles. The van der Waals surface area contributed by atoms with Crippen LogP contribution >= 0.6 is 0 Å². The largest absolute Gasteiger partial charge is 0.480 e. The van der Waals surface area contributed by atoms with Crippen LogP contribution in [0.15, 0.2) is 30.5 Å². The molecule has 2 aromatic rings. The molecule has 0 radical (unpaired) electrons. The van der Waals surface area contributed by atoms with Crippen LogP contribution in [0.25, 0.3) is 10.9 Å². The molecule has 11 heteroatoms. The van der Waals surface area contributed by atoms with Crippen LogP contribution in [0.4, 0.5) is 0 Å². The number of carbonyl (C=O) groups is 4. The number of para-hydroxylation sites is 1. The number of carboxylic acids is 1. The van der Waals surface area contributed by atoms with E-state index >= 15 is 0 Å². The Balaban J connectivity index is 1.58. The van der Waals surface area contributed by atoms with Gasteiger partial charge in [0.2, 0.25) is 17.7 Å². The van der Waals surface area contributed by atoms with Crippen molar-refractivity contribution >= 4 is 34.6 Å². The molecule has 1 aliphatic rings. The van der Waals surface area contributed by atoms with Crippen molar-refractivity contribution in [2.75, 3.05) is 13.2 Å². The molecule has 0 spiro atoms. The number of aromatic nitrogens is 1. The Bertz CT molecular complexity index is 1020. The summed E-state index contributed by atoms with van der Waals surface area (Å²) in [5.41, 5.74) is 1.55. The summed E-state index contributed by atoms with van der Waals surface area (Å²) in [6.45, 7) is 1.46. The predicted octanol–water partition coefficient (Wildman–Crippen LogP) is -0.986. The quantitative estimate of drug-likeness (QED) is 0.239. The summed E-state index contributed by atoms with van der Waals surface area (Å²) in [6, 6.07) is 3.43. The van der Waals surface area contributed by atoms with Crippen molar-refractivity contribution in [3.05, 3.63) is 36.0 Å². The second-order valence-electron chi connectivity index (χ2n) is 8.09. The van der Waals surface area contributed by atoms with E-state index in [1.807, 2.05) is 24.3 Å². The van der Waals surface area contributed by atoms with Crippen molar-refractivity contribution in [1.82, 2.24) is 26.3 Å². The number of fused-ring (bicyclic) bond motifs is 1. The number of H-pyrrole nitrogens is 1. The van der Waals surface area contributed by atoms with Gasteiger partial charge in [-0.1, -0.05) is 18.2 Å². The Morgan fingerprint density at radius 1 is 1.09 bits per heavy atom. The van der Waals surface area contributed by atoms with Crippen molar-refractivity contribution in [2.24, 2.45) is 0 Å². The lowest BCUT2D eigenvalue weighted by molar-refractivity contribution is -0.142. The van der Waals surface area contributed by atoms with Crippen LogP contribution in [0.1, 0.15) is 25.3 Å².